The van der Waals surface area contributed by atoms with E-state index in [1.165, 1.54) is 25.3 Å². The van der Waals surface area contributed by atoms with Gasteiger partial charge in [0, 0.05) is 5.02 Å². The van der Waals surface area contributed by atoms with Crippen LogP contribution in [0.1, 0.15) is 0 Å². The summed E-state index contributed by atoms with van der Waals surface area (Å²) in [6.07, 6.45) is 0. The van der Waals surface area contributed by atoms with Crippen molar-refractivity contribution in [3.8, 4) is 11.5 Å². The van der Waals surface area contributed by atoms with Gasteiger partial charge in [0.15, 0.2) is 0 Å². The van der Waals surface area contributed by atoms with Crippen molar-refractivity contribution in [3.63, 3.8) is 0 Å². The molecule has 1 N–H and O–H groups in total. The number of carbonyl (C=O) groups excluding carboxylic acids is 1. The lowest BCUT2D eigenvalue weighted by Crippen LogP contribution is -2.41. The van der Waals surface area contributed by atoms with Gasteiger partial charge < -0.3 is 14.8 Å². The molecule has 1 amide bonds. The van der Waals surface area contributed by atoms with Crippen molar-refractivity contribution in [1.82, 2.24) is 5.32 Å². The van der Waals surface area contributed by atoms with Crippen molar-refractivity contribution in [1.29, 1.82) is 0 Å². The Morgan fingerprint density at radius 3 is 2.34 bits per heavy atom. The van der Waals surface area contributed by atoms with Gasteiger partial charge in [-0.15, -0.1) is 0 Å². The number of ether oxygens (including phenoxy) is 2. The molecule has 168 valence electrons. The number of hydrogen-bond acceptors (Lipinski definition) is 5. The topological polar surface area (TPSA) is 84.9 Å². The van der Waals surface area contributed by atoms with Crippen molar-refractivity contribution in [2.75, 3.05) is 31.1 Å². The summed E-state index contributed by atoms with van der Waals surface area (Å²) in [5, 5.41) is 3.04. The number of rotatable bonds is 10. The Labute approximate surface area is 192 Å². The van der Waals surface area contributed by atoms with Gasteiger partial charge in [0.25, 0.3) is 10.0 Å². The van der Waals surface area contributed by atoms with Crippen LogP contribution < -0.4 is 19.1 Å². The third kappa shape index (κ3) is 6.15. The van der Waals surface area contributed by atoms with E-state index in [0.29, 0.717) is 16.5 Å². The van der Waals surface area contributed by atoms with Crippen LogP contribution in [0.4, 0.5) is 5.69 Å². The highest BCUT2D eigenvalue weighted by atomic mass is 35.5. The summed E-state index contributed by atoms with van der Waals surface area (Å²) in [6.45, 7) is 0.0535. The lowest BCUT2D eigenvalue weighted by molar-refractivity contribution is -0.119. The Hall–Kier alpha value is -3.23. The van der Waals surface area contributed by atoms with Crippen LogP contribution in [0.25, 0.3) is 0 Å². The van der Waals surface area contributed by atoms with Crippen molar-refractivity contribution in [2.24, 2.45) is 0 Å². The molecule has 0 aliphatic heterocycles. The van der Waals surface area contributed by atoms with Gasteiger partial charge in [-0.25, -0.2) is 8.42 Å². The van der Waals surface area contributed by atoms with E-state index < -0.39 is 22.5 Å². The summed E-state index contributed by atoms with van der Waals surface area (Å²) in [4.78, 5) is 12.6. The number of anilines is 1. The largest absolute Gasteiger partial charge is 0.497 e. The maximum absolute atomic E-state index is 13.3. The molecule has 0 heterocycles. The molecule has 7 nitrogen and oxygen atoms in total. The van der Waals surface area contributed by atoms with E-state index in [0.717, 1.165) is 4.31 Å². The molecular formula is C23H23ClN2O5S. The number of para-hydroxylation sites is 1. The molecule has 3 rings (SSSR count). The number of benzene rings is 3. The zero-order chi connectivity index (χ0) is 23.0. The number of nitrogens with one attached hydrogen (secondary N) is 1. The number of amides is 1. The zero-order valence-electron chi connectivity index (χ0n) is 17.4. The quantitative estimate of drug-likeness (QED) is 0.452. The Balaban J connectivity index is 1.73. The van der Waals surface area contributed by atoms with E-state index in [1.807, 2.05) is 30.3 Å². The summed E-state index contributed by atoms with van der Waals surface area (Å²) in [5.41, 5.74) is 0.281. The maximum Gasteiger partial charge on any atom is 0.264 e. The van der Waals surface area contributed by atoms with Crippen molar-refractivity contribution < 1.29 is 22.7 Å². The van der Waals surface area contributed by atoms with Crippen molar-refractivity contribution in [3.05, 3.63) is 83.9 Å². The smallest absolute Gasteiger partial charge is 0.264 e. The molecule has 0 radical (unpaired) electrons. The van der Waals surface area contributed by atoms with Crippen LogP contribution in [0.2, 0.25) is 5.02 Å². The van der Waals surface area contributed by atoms with Gasteiger partial charge in [-0.1, -0.05) is 35.9 Å². The zero-order valence-corrected chi connectivity index (χ0v) is 19.0. The van der Waals surface area contributed by atoms with Gasteiger partial charge in [0.1, 0.15) is 24.7 Å². The molecule has 9 heteroatoms. The summed E-state index contributed by atoms with van der Waals surface area (Å²) in [5.74, 6) is 0.734. The highest BCUT2D eigenvalue weighted by Crippen LogP contribution is 2.27. The normalized spacial score (nSPS) is 10.9. The molecule has 0 saturated carbocycles. The average molecular weight is 475 g/mol. The molecule has 0 spiro atoms. The average Bonchev–Trinajstić information content (AvgIpc) is 2.81. The molecule has 3 aromatic carbocycles. The first-order chi connectivity index (χ1) is 15.4. The summed E-state index contributed by atoms with van der Waals surface area (Å²) < 4.78 is 38.3. The maximum atomic E-state index is 13.3. The molecular weight excluding hydrogens is 452 g/mol. The lowest BCUT2D eigenvalue weighted by atomic mass is 10.3. The molecule has 0 aliphatic rings. The molecule has 0 fully saturated rings. The fraction of sp³-hybridized carbons (Fsp3) is 0.174. The van der Waals surface area contributed by atoms with Crippen LogP contribution in [0.5, 0.6) is 11.5 Å². The van der Waals surface area contributed by atoms with Gasteiger partial charge in [0.2, 0.25) is 5.91 Å². The van der Waals surface area contributed by atoms with Crippen LogP contribution >= 0.6 is 11.6 Å². The highest BCUT2D eigenvalue weighted by Gasteiger charge is 2.27. The van der Waals surface area contributed by atoms with Crippen LogP contribution in [0.3, 0.4) is 0 Å². The molecule has 0 aliphatic carbocycles. The molecule has 0 atom stereocenters. The second kappa shape index (κ2) is 10.9. The number of sulfonamides is 1. The van der Waals surface area contributed by atoms with E-state index in [4.69, 9.17) is 21.1 Å². The number of methoxy groups -OCH3 is 1. The number of hydrogen-bond donors (Lipinski definition) is 1. The Bertz CT molecular complexity index is 1140. The van der Waals surface area contributed by atoms with Crippen LogP contribution in [0, 0.1) is 0 Å². The summed E-state index contributed by atoms with van der Waals surface area (Å²) in [6, 6.07) is 21.5. The molecule has 0 saturated heterocycles. The Kier molecular flexibility index (Phi) is 7.97. The van der Waals surface area contributed by atoms with E-state index in [1.54, 1.807) is 30.3 Å². The number of carbonyl (C=O) groups is 1. The molecule has 0 unspecified atom stereocenters. The minimum absolute atomic E-state index is 0.0264. The van der Waals surface area contributed by atoms with Crippen molar-refractivity contribution in [2.45, 2.75) is 4.90 Å². The Morgan fingerprint density at radius 1 is 0.969 bits per heavy atom. The van der Waals surface area contributed by atoms with Crippen molar-refractivity contribution >= 4 is 33.2 Å². The number of halogens is 1. The van der Waals surface area contributed by atoms with Crippen LogP contribution in [-0.4, -0.2) is 41.1 Å². The van der Waals surface area contributed by atoms with Gasteiger partial charge >= 0.3 is 0 Å². The van der Waals surface area contributed by atoms with Gasteiger partial charge in [0.05, 0.1) is 24.2 Å². The highest BCUT2D eigenvalue weighted by molar-refractivity contribution is 7.92. The van der Waals surface area contributed by atoms with Gasteiger partial charge in [-0.05, 0) is 54.6 Å². The first kappa shape index (κ1) is 23.4. The first-order valence-electron chi connectivity index (χ1n) is 9.77. The monoisotopic (exact) mass is 474 g/mol. The van der Waals surface area contributed by atoms with E-state index in [2.05, 4.69) is 5.32 Å². The minimum Gasteiger partial charge on any atom is -0.497 e. The summed E-state index contributed by atoms with van der Waals surface area (Å²) >= 11 is 6.07. The molecule has 32 heavy (non-hydrogen) atoms. The molecule has 0 aromatic heterocycles. The Morgan fingerprint density at radius 2 is 1.69 bits per heavy atom. The SMILES string of the molecule is COc1ccc(S(=O)(=O)N(CC(=O)NCCOc2ccccc2)c2cccc(Cl)c2)cc1. The van der Waals surface area contributed by atoms with Gasteiger partial charge in [-0.2, -0.15) is 0 Å². The molecule has 3 aromatic rings. The molecule has 0 bridgehead atoms. The number of nitrogens with zero attached hydrogens (tertiary/aromatic N) is 1. The second-order valence-electron chi connectivity index (χ2n) is 6.68. The third-order valence-corrected chi connectivity index (χ3v) is 6.49. The predicted molar refractivity (Wildman–Crippen MR) is 124 cm³/mol. The van der Waals surface area contributed by atoms with Crippen LogP contribution in [-0.2, 0) is 14.8 Å². The summed E-state index contributed by atoms with van der Waals surface area (Å²) in [7, 11) is -2.54. The first-order valence-corrected chi connectivity index (χ1v) is 11.6. The van der Waals surface area contributed by atoms with Crippen LogP contribution in [0.15, 0.2) is 83.8 Å². The minimum atomic E-state index is -4.04. The van der Waals surface area contributed by atoms with E-state index in [9.17, 15) is 13.2 Å². The predicted octanol–water partition coefficient (Wildman–Crippen LogP) is 3.74. The second-order valence-corrected chi connectivity index (χ2v) is 8.98. The fourth-order valence-electron chi connectivity index (χ4n) is 2.88. The lowest BCUT2D eigenvalue weighted by Gasteiger charge is -2.24. The standard InChI is InChI=1S/C23H23ClN2O5S/c1-30-20-10-12-22(13-11-20)32(28,29)26(19-7-5-6-18(24)16-19)17-23(27)25-14-15-31-21-8-3-2-4-9-21/h2-13,16H,14-15,17H2,1H3,(H,25,27). The fourth-order valence-corrected chi connectivity index (χ4v) is 4.48. The third-order valence-electron chi connectivity index (χ3n) is 4.47. The van der Waals surface area contributed by atoms with Gasteiger partial charge in [-0.3, -0.25) is 9.10 Å². The van der Waals surface area contributed by atoms with E-state index in [-0.39, 0.29) is 23.7 Å². The van der Waals surface area contributed by atoms with E-state index >= 15 is 0 Å².